The highest BCUT2D eigenvalue weighted by atomic mass is 35.5. The van der Waals surface area contributed by atoms with E-state index < -0.39 is 43.5 Å². The third kappa shape index (κ3) is 3.27. The van der Waals surface area contributed by atoms with E-state index in [-0.39, 0.29) is 15.6 Å². The van der Waals surface area contributed by atoms with Crippen LogP contribution in [0.1, 0.15) is 6.42 Å². The molecular weight excluding hydrogens is 346 g/mol. The average Bonchev–Trinajstić information content (AvgIpc) is 2.23. The van der Waals surface area contributed by atoms with E-state index >= 15 is 0 Å². The number of primary sulfonamides is 1. The van der Waals surface area contributed by atoms with E-state index in [1.54, 1.807) is 0 Å². The van der Waals surface area contributed by atoms with Crippen LogP contribution in [0.3, 0.4) is 0 Å². The zero-order valence-electron chi connectivity index (χ0n) is 10.2. The molecule has 116 valence electrons. The summed E-state index contributed by atoms with van der Waals surface area (Å²) in [6.07, 6.45) is -1.58. The molecule has 0 amide bonds. The number of halogens is 1. The molecule has 9 nitrogen and oxygen atoms in total. The quantitative estimate of drug-likeness (QED) is 0.569. The average molecular weight is 356 g/mol. The van der Waals surface area contributed by atoms with Gasteiger partial charge in [0.05, 0.1) is 17.1 Å². The van der Waals surface area contributed by atoms with Crippen LogP contribution in [0.15, 0.2) is 21.9 Å². The number of hydrogen-bond donors (Lipinski definition) is 4. The van der Waals surface area contributed by atoms with E-state index in [0.717, 1.165) is 12.1 Å². The fourth-order valence-electron chi connectivity index (χ4n) is 1.82. The van der Waals surface area contributed by atoms with Gasteiger partial charge in [0.2, 0.25) is 20.0 Å². The van der Waals surface area contributed by atoms with Gasteiger partial charge in [0.1, 0.15) is 16.0 Å². The number of carboxylic acids is 1. The molecular formula is C9H10ClN3O6S2. The number of benzene rings is 1. The van der Waals surface area contributed by atoms with Gasteiger partial charge in [-0.05, 0) is 12.1 Å². The van der Waals surface area contributed by atoms with E-state index in [4.69, 9.17) is 21.8 Å². The number of nitrogens with two attached hydrogens (primary N) is 1. The molecule has 1 atom stereocenters. The lowest BCUT2D eigenvalue weighted by atomic mass is 10.2. The van der Waals surface area contributed by atoms with Crippen molar-refractivity contribution in [2.75, 3.05) is 5.32 Å². The lowest BCUT2D eigenvalue weighted by Crippen LogP contribution is -2.45. The van der Waals surface area contributed by atoms with Gasteiger partial charge in [0.15, 0.2) is 0 Å². The Kier molecular flexibility index (Phi) is 3.88. The third-order valence-electron chi connectivity index (χ3n) is 2.64. The van der Waals surface area contributed by atoms with Gasteiger partial charge in [-0.3, -0.25) is 4.79 Å². The summed E-state index contributed by atoms with van der Waals surface area (Å²) in [5.74, 6) is -1.22. The summed E-state index contributed by atoms with van der Waals surface area (Å²) in [5.41, 5.74) is -0.00241. The maximum Gasteiger partial charge on any atom is 0.306 e. The molecule has 0 aromatic heterocycles. The minimum atomic E-state index is -4.20. The van der Waals surface area contributed by atoms with Crippen LogP contribution in [0.4, 0.5) is 5.69 Å². The van der Waals surface area contributed by atoms with E-state index in [9.17, 15) is 21.6 Å². The topological polar surface area (TPSA) is 156 Å². The Labute approximate surface area is 125 Å². The summed E-state index contributed by atoms with van der Waals surface area (Å²) in [6, 6.07) is 1.89. The molecule has 1 aromatic carbocycles. The Bertz CT molecular complexity index is 820. The highest BCUT2D eigenvalue weighted by molar-refractivity contribution is 7.90. The van der Waals surface area contributed by atoms with Crippen molar-refractivity contribution in [3.63, 3.8) is 0 Å². The van der Waals surface area contributed by atoms with Gasteiger partial charge < -0.3 is 10.4 Å². The van der Waals surface area contributed by atoms with Crippen LogP contribution in [-0.2, 0) is 24.8 Å². The van der Waals surface area contributed by atoms with E-state index in [2.05, 4.69) is 10.0 Å². The van der Waals surface area contributed by atoms with Crippen molar-refractivity contribution in [3.8, 4) is 0 Å². The van der Waals surface area contributed by atoms with Crippen LogP contribution < -0.4 is 15.2 Å². The number of carboxylic acid groups (broad SMARTS) is 1. The Morgan fingerprint density at radius 1 is 1.43 bits per heavy atom. The Hall–Kier alpha value is -1.40. The van der Waals surface area contributed by atoms with Gasteiger partial charge in [-0.2, -0.15) is 4.72 Å². The number of aliphatic carboxylic acids is 1. The zero-order chi connectivity index (χ0) is 16.0. The molecule has 0 saturated carbocycles. The second-order valence-electron chi connectivity index (χ2n) is 4.24. The highest BCUT2D eigenvalue weighted by Crippen LogP contribution is 2.33. The zero-order valence-corrected chi connectivity index (χ0v) is 12.6. The third-order valence-corrected chi connectivity index (χ3v) is 5.52. The number of fused-ring (bicyclic) bond motifs is 1. The molecule has 1 aliphatic heterocycles. The molecule has 5 N–H and O–H groups in total. The van der Waals surface area contributed by atoms with Crippen LogP contribution in [0.5, 0.6) is 0 Å². The Balaban J connectivity index is 2.59. The summed E-state index contributed by atoms with van der Waals surface area (Å²) < 4.78 is 48.8. The van der Waals surface area contributed by atoms with E-state index in [1.807, 2.05) is 0 Å². The summed E-state index contributed by atoms with van der Waals surface area (Å²) in [4.78, 5) is 9.73. The second-order valence-corrected chi connectivity index (χ2v) is 7.86. The SMILES string of the molecule is NS(=O)(=O)c1cc2c(cc1Cl)NC(CC(=O)O)NS2(=O)=O. The molecule has 0 bridgehead atoms. The van der Waals surface area contributed by atoms with Crippen molar-refractivity contribution in [2.24, 2.45) is 5.14 Å². The molecule has 1 heterocycles. The fraction of sp³-hybridized carbons (Fsp3) is 0.222. The standard InChI is InChI=1S/C9H10ClN3O6S2/c10-4-1-5-7(2-6(4)20(11,16)17)21(18,19)13-8(12-5)3-9(14)15/h1-2,8,12-13H,3H2,(H,14,15)(H2,11,16,17). The number of sulfonamides is 2. The summed E-state index contributed by atoms with van der Waals surface area (Å²) >= 11 is 5.76. The fourth-order valence-corrected chi connectivity index (χ4v) is 4.32. The van der Waals surface area contributed by atoms with Crippen LogP contribution in [-0.4, -0.2) is 34.1 Å². The molecule has 0 aliphatic carbocycles. The van der Waals surface area contributed by atoms with Crippen molar-refractivity contribution in [3.05, 3.63) is 17.2 Å². The lowest BCUT2D eigenvalue weighted by molar-refractivity contribution is -0.137. The van der Waals surface area contributed by atoms with Crippen molar-refractivity contribution < 1.29 is 26.7 Å². The van der Waals surface area contributed by atoms with Gasteiger partial charge in [-0.25, -0.2) is 22.0 Å². The Morgan fingerprint density at radius 2 is 2.05 bits per heavy atom. The summed E-state index contributed by atoms with van der Waals surface area (Å²) in [5, 5.41) is 16.0. The number of carbonyl (C=O) groups is 1. The highest BCUT2D eigenvalue weighted by Gasteiger charge is 2.32. The molecule has 1 unspecified atom stereocenters. The second kappa shape index (κ2) is 5.10. The first-order valence-electron chi connectivity index (χ1n) is 5.38. The Morgan fingerprint density at radius 3 is 2.57 bits per heavy atom. The first kappa shape index (κ1) is 16.0. The molecule has 0 radical (unpaired) electrons. The van der Waals surface area contributed by atoms with Crippen molar-refractivity contribution >= 4 is 43.3 Å². The molecule has 0 saturated heterocycles. The number of anilines is 1. The van der Waals surface area contributed by atoms with Crippen LogP contribution >= 0.6 is 11.6 Å². The van der Waals surface area contributed by atoms with Gasteiger partial charge in [0.25, 0.3) is 0 Å². The van der Waals surface area contributed by atoms with Crippen LogP contribution in [0.25, 0.3) is 0 Å². The van der Waals surface area contributed by atoms with Gasteiger partial charge in [-0.15, -0.1) is 0 Å². The van der Waals surface area contributed by atoms with Crippen LogP contribution in [0, 0.1) is 0 Å². The summed E-state index contributed by atoms with van der Waals surface area (Å²) in [6.45, 7) is 0. The van der Waals surface area contributed by atoms with Gasteiger partial charge in [-0.1, -0.05) is 11.6 Å². The minimum Gasteiger partial charge on any atom is -0.481 e. The monoisotopic (exact) mass is 355 g/mol. The predicted molar refractivity (Wildman–Crippen MR) is 72.8 cm³/mol. The maximum absolute atomic E-state index is 12.0. The van der Waals surface area contributed by atoms with Crippen molar-refractivity contribution in [1.29, 1.82) is 0 Å². The maximum atomic E-state index is 12.0. The molecule has 0 fully saturated rings. The lowest BCUT2D eigenvalue weighted by Gasteiger charge is -2.27. The number of hydrogen-bond acceptors (Lipinski definition) is 6. The smallest absolute Gasteiger partial charge is 0.306 e. The van der Waals surface area contributed by atoms with Gasteiger partial charge >= 0.3 is 5.97 Å². The molecule has 2 rings (SSSR count). The molecule has 21 heavy (non-hydrogen) atoms. The molecule has 1 aromatic rings. The molecule has 12 heteroatoms. The largest absolute Gasteiger partial charge is 0.481 e. The minimum absolute atomic E-state index is 0.00241. The predicted octanol–water partition coefficient (Wildman–Crippen LogP) is -0.508. The normalized spacial score (nSPS) is 20.4. The number of rotatable bonds is 3. The summed E-state index contributed by atoms with van der Waals surface area (Å²) in [7, 11) is -8.29. The van der Waals surface area contributed by atoms with E-state index in [1.165, 1.54) is 0 Å². The van der Waals surface area contributed by atoms with Gasteiger partial charge in [0, 0.05) is 0 Å². The van der Waals surface area contributed by atoms with E-state index in [0.29, 0.717) is 0 Å². The number of nitrogens with one attached hydrogen (secondary N) is 2. The first-order chi connectivity index (χ1) is 9.50. The van der Waals surface area contributed by atoms with Crippen molar-refractivity contribution in [2.45, 2.75) is 22.4 Å². The molecule has 1 aliphatic rings. The van der Waals surface area contributed by atoms with Crippen molar-refractivity contribution in [1.82, 2.24) is 4.72 Å². The van der Waals surface area contributed by atoms with Crippen LogP contribution in [0.2, 0.25) is 5.02 Å². The molecule has 0 spiro atoms. The first-order valence-corrected chi connectivity index (χ1v) is 8.78.